The Bertz CT molecular complexity index is 585. The minimum Gasteiger partial charge on any atom is -0.249 e. The maximum atomic E-state index is 4.86. The van der Waals surface area contributed by atoms with Crippen molar-refractivity contribution in [2.24, 2.45) is 11.8 Å². The van der Waals surface area contributed by atoms with Gasteiger partial charge in [-0.1, -0.05) is 12.1 Å². The predicted molar refractivity (Wildman–Crippen MR) is 61.2 cm³/mol. The molecule has 16 heavy (non-hydrogen) atoms. The van der Waals surface area contributed by atoms with Crippen molar-refractivity contribution in [3.05, 3.63) is 35.7 Å². The number of hydrogen-bond donors (Lipinski definition) is 0. The zero-order valence-corrected chi connectivity index (χ0v) is 8.93. The Balaban J connectivity index is 1.86. The molecule has 0 aliphatic heterocycles. The Morgan fingerprint density at radius 3 is 2.50 bits per heavy atom. The number of benzene rings is 1. The molecular weight excluding hydrogens is 196 g/mol. The maximum absolute atomic E-state index is 4.86. The Kier molecular flexibility index (Phi) is 1.11. The molecule has 1 heterocycles. The average Bonchev–Trinajstić information content (AvgIpc) is 2.79. The van der Waals surface area contributed by atoms with Crippen molar-refractivity contribution in [2.75, 3.05) is 0 Å². The molecule has 0 amide bonds. The lowest BCUT2D eigenvalue weighted by Crippen LogP contribution is -2.00. The first-order chi connectivity index (χ1) is 7.93. The third-order valence-electron chi connectivity index (χ3n) is 4.80. The van der Waals surface area contributed by atoms with E-state index in [-0.39, 0.29) is 0 Å². The first-order valence-corrected chi connectivity index (χ1v) is 6.20. The number of para-hydroxylation sites is 2. The highest BCUT2D eigenvalue weighted by molar-refractivity contribution is 5.75. The fourth-order valence-electron chi connectivity index (χ4n) is 4.14. The molecule has 3 aliphatic rings. The average molecular weight is 208 g/mol. The number of aromatic nitrogens is 2. The normalized spacial score (nSPS) is 37.5. The highest BCUT2D eigenvalue weighted by Gasteiger charge is 2.65. The fraction of sp³-hybridized carbons (Fsp3) is 0.429. The van der Waals surface area contributed by atoms with Crippen molar-refractivity contribution in [2.45, 2.75) is 24.7 Å². The SMILES string of the molecule is c1ccc2nc3c(nc2c1)C1C2CC[C@@H]3[C@H]21. The maximum Gasteiger partial charge on any atom is 0.0890 e. The highest BCUT2D eigenvalue weighted by atomic mass is 14.9. The first kappa shape index (κ1) is 7.77. The van der Waals surface area contributed by atoms with Crippen LogP contribution in [0.4, 0.5) is 0 Å². The summed E-state index contributed by atoms with van der Waals surface area (Å²) < 4.78 is 0. The van der Waals surface area contributed by atoms with Gasteiger partial charge in [-0.15, -0.1) is 0 Å². The van der Waals surface area contributed by atoms with Gasteiger partial charge in [0, 0.05) is 11.8 Å². The van der Waals surface area contributed by atoms with Crippen LogP contribution in [0.1, 0.15) is 36.1 Å². The van der Waals surface area contributed by atoms with E-state index in [9.17, 15) is 0 Å². The summed E-state index contributed by atoms with van der Waals surface area (Å²) in [5.41, 5.74) is 4.83. The molecule has 2 unspecified atom stereocenters. The van der Waals surface area contributed by atoms with Crippen LogP contribution in [0.5, 0.6) is 0 Å². The van der Waals surface area contributed by atoms with Crippen molar-refractivity contribution < 1.29 is 0 Å². The summed E-state index contributed by atoms with van der Waals surface area (Å²) in [5, 5.41) is 0. The fourth-order valence-corrected chi connectivity index (χ4v) is 4.14. The molecule has 4 atom stereocenters. The Labute approximate surface area is 93.7 Å². The van der Waals surface area contributed by atoms with Gasteiger partial charge in [-0.05, 0) is 36.8 Å². The van der Waals surface area contributed by atoms with Gasteiger partial charge < -0.3 is 0 Å². The molecule has 0 radical (unpaired) electrons. The van der Waals surface area contributed by atoms with E-state index < -0.39 is 0 Å². The van der Waals surface area contributed by atoms with E-state index in [0.29, 0.717) is 0 Å². The monoisotopic (exact) mass is 208 g/mol. The molecule has 2 heteroatoms. The van der Waals surface area contributed by atoms with Crippen LogP contribution < -0.4 is 0 Å². The van der Waals surface area contributed by atoms with Crippen LogP contribution in [0.3, 0.4) is 0 Å². The van der Waals surface area contributed by atoms with E-state index in [2.05, 4.69) is 24.3 Å². The lowest BCUT2D eigenvalue weighted by molar-refractivity contribution is 0.633. The zero-order valence-electron chi connectivity index (χ0n) is 8.93. The Morgan fingerprint density at radius 2 is 1.69 bits per heavy atom. The van der Waals surface area contributed by atoms with E-state index in [1.54, 1.807) is 0 Å². The number of fused-ring (bicyclic) bond motifs is 5. The van der Waals surface area contributed by atoms with Crippen molar-refractivity contribution in [3.8, 4) is 0 Å². The van der Waals surface area contributed by atoms with Gasteiger partial charge in [-0.2, -0.15) is 0 Å². The van der Waals surface area contributed by atoms with Gasteiger partial charge in [0.1, 0.15) is 0 Å². The predicted octanol–water partition coefficient (Wildman–Crippen LogP) is 2.85. The third kappa shape index (κ3) is 0.712. The third-order valence-corrected chi connectivity index (χ3v) is 4.80. The van der Waals surface area contributed by atoms with Crippen molar-refractivity contribution in [1.29, 1.82) is 0 Å². The number of hydrogen-bond acceptors (Lipinski definition) is 2. The van der Waals surface area contributed by atoms with Crippen molar-refractivity contribution in [1.82, 2.24) is 9.97 Å². The molecule has 0 saturated heterocycles. The molecule has 2 saturated carbocycles. The van der Waals surface area contributed by atoms with Gasteiger partial charge in [-0.3, -0.25) is 0 Å². The van der Waals surface area contributed by atoms with E-state index in [1.807, 2.05) is 0 Å². The molecule has 2 fully saturated rings. The van der Waals surface area contributed by atoms with E-state index in [4.69, 9.17) is 9.97 Å². The van der Waals surface area contributed by atoms with Gasteiger partial charge in [-0.25, -0.2) is 9.97 Å². The quantitative estimate of drug-likeness (QED) is 0.665. The second-order valence-corrected chi connectivity index (χ2v) is 5.43. The first-order valence-electron chi connectivity index (χ1n) is 6.20. The smallest absolute Gasteiger partial charge is 0.0890 e. The summed E-state index contributed by atoms with van der Waals surface area (Å²) in [5.74, 6) is 3.42. The largest absolute Gasteiger partial charge is 0.249 e. The highest BCUT2D eigenvalue weighted by Crippen LogP contribution is 2.73. The lowest BCUT2D eigenvalue weighted by Gasteiger charge is -2.08. The van der Waals surface area contributed by atoms with Crippen molar-refractivity contribution >= 4 is 11.0 Å². The zero-order chi connectivity index (χ0) is 10.3. The second-order valence-electron chi connectivity index (χ2n) is 5.43. The van der Waals surface area contributed by atoms with Gasteiger partial charge in [0.05, 0.1) is 22.4 Å². The van der Waals surface area contributed by atoms with Gasteiger partial charge in [0.25, 0.3) is 0 Å². The van der Waals surface area contributed by atoms with Gasteiger partial charge in [0.15, 0.2) is 0 Å². The van der Waals surface area contributed by atoms with Crippen LogP contribution in [-0.4, -0.2) is 9.97 Å². The molecule has 1 aromatic carbocycles. The van der Waals surface area contributed by atoms with Crippen LogP contribution in [0.25, 0.3) is 11.0 Å². The molecule has 5 rings (SSSR count). The molecule has 2 nitrogen and oxygen atoms in total. The van der Waals surface area contributed by atoms with Crippen molar-refractivity contribution in [3.63, 3.8) is 0 Å². The summed E-state index contributed by atoms with van der Waals surface area (Å²) >= 11 is 0. The van der Waals surface area contributed by atoms with Crippen LogP contribution in [0.15, 0.2) is 24.3 Å². The molecule has 3 aliphatic carbocycles. The van der Waals surface area contributed by atoms with Crippen LogP contribution in [0, 0.1) is 11.8 Å². The van der Waals surface area contributed by atoms with E-state index >= 15 is 0 Å². The van der Waals surface area contributed by atoms with E-state index in [0.717, 1.165) is 34.7 Å². The minimum absolute atomic E-state index is 0.752. The minimum atomic E-state index is 0.752. The Hall–Kier alpha value is -1.44. The van der Waals surface area contributed by atoms with Gasteiger partial charge >= 0.3 is 0 Å². The summed E-state index contributed by atoms with van der Waals surface area (Å²) in [6.45, 7) is 0. The standard InChI is InChI=1S/C14H12N2/c1-2-4-10-9(3-1)15-13-8-6-5-7-11(8)12(7)14(13)16-10/h1-4,7-8,11-12H,5-6H2/t7?,8-,11+,12?/m1/s1. The molecule has 0 bridgehead atoms. The lowest BCUT2D eigenvalue weighted by atomic mass is 10.0. The summed E-state index contributed by atoms with van der Waals surface area (Å²) in [7, 11) is 0. The van der Waals surface area contributed by atoms with Crippen LogP contribution in [-0.2, 0) is 0 Å². The number of rotatable bonds is 0. The summed E-state index contributed by atoms with van der Waals surface area (Å²) in [4.78, 5) is 9.71. The van der Waals surface area contributed by atoms with Crippen LogP contribution >= 0.6 is 0 Å². The number of nitrogens with zero attached hydrogens (tertiary/aromatic N) is 2. The molecule has 0 spiro atoms. The second kappa shape index (κ2) is 2.29. The summed E-state index contributed by atoms with van der Waals surface area (Å²) in [6, 6.07) is 8.27. The summed E-state index contributed by atoms with van der Waals surface area (Å²) in [6.07, 6.45) is 2.76. The topological polar surface area (TPSA) is 25.8 Å². The van der Waals surface area contributed by atoms with Crippen LogP contribution in [0.2, 0.25) is 0 Å². The Morgan fingerprint density at radius 1 is 0.938 bits per heavy atom. The molecule has 1 aromatic heterocycles. The molecule has 0 N–H and O–H groups in total. The van der Waals surface area contributed by atoms with E-state index in [1.165, 1.54) is 24.2 Å². The van der Waals surface area contributed by atoms with Gasteiger partial charge in [0.2, 0.25) is 0 Å². The molecular formula is C14H12N2. The molecule has 78 valence electrons. The molecule has 2 aromatic rings.